The van der Waals surface area contributed by atoms with E-state index in [0.717, 1.165) is 0 Å². The second-order valence-corrected chi connectivity index (χ2v) is 5.22. The van der Waals surface area contributed by atoms with E-state index in [4.69, 9.17) is 10.4 Å². The fourth-order valence-electron chi connectivity index (χ4n) is 0.947. The second-order valence-electron chi connectivity index (χ2n) is 2.67. The van der Waals surface area contributed by atoms with Gasteiger partial charge in [0.15, 0.2) is 0 Å². The van der Waals surface area contributed by atoms with Gasteiger partial charge >= 0.3 is 0 Å². The van der Waals surface area contributed by atoms with Crippen LogP contribution in [0.15, 0.2) is 11.0 Å². The SMILES string of the molecule is N#Cc1c(S(N)(=O)=O)cc(C(F)F)nc1I. The third-order valence-corrected chi connectivity index (χ3v) is 3.32. The highest BCUT2D eigenvalue weighted by Gasteiger charge is 2.22. The lowest BCUT2D eigenvalue weighted by molar-refractivity contribution is 0.145. The summed E-state index contributed by atoms with van der Waals surface area (Å²) in [4.78, 5) is 2.78. The summed E-state index contributed by atoms with van der Waals surface area (Å²) >= 11 is 1.50. The molecule has 16 heavy (non-hydrogen) atoms. The molecule has 5 nitrogen and oxygen atoms in total. The first kappa shape index (κ1) is 13.2. The van der Waals surface area contributed by atoms with Crippen LogP contribution in [0.25, 0.3) is 0 Å². The molecule has 2 N–H and O–H groups in total. The lowest BCUT2D eigenvalue weighted by Gasteiger charge is -2.06. The van der Waals surface area contributed by atoms with Gasteiger partial charge in [0, 0.05) is 0 Å². The minimum absolute atomic E-state index is 0.123. The van der Waals surface area contributed by atoms with Crippen LogP contribution >= 0.6 is 22.6 Å². The summed E-state index contributed by atoms with van der Waals surface area (Å²) in [5, 5.41) is 13.5. The molecule has 1 aromatic heterocycles. The number of pyridine rings is 1. The number of hydrogen-bond donors (Lipinski definition) is 1. The molecule has 0 aliphatic rings. The average molecular weight is 359 g/mol. The van der Waals surface area contributed by atoms with Gasteiger partial charge in [-0.2, -0.15) is 5.26 Å². The maximum Gasteiger partial charge on any atom is 0.280 e. The van der Waals surface area contributed by atoms with Crippen molar-refractivity contribution in [3.63, 3.8) is 0 Å². The van der Waals surface area contributed by atoms with E-state index in [-0.39, 0.29) is 9.26 Å². The van der Waals surface area contributed by atoms with E-state index in [0.29, 0.717) is 6.07 Å². The fraction of sp³-hybridized carbons (Fsp3) is 0.143. The highest BCUT2D eigenvalue weighted by atomic mass is 127. The molecule has 0 unspecified atom stereocenters. The Kier molecular flexibility index (Phi) is 3.76. The number of nitriles is 1. The van der Waals surface area contributed by atoms with Gasteiger partial charge in [-0.25, -0.2) is 27.3 Å². The Morgan fingerprint density at radius 2 is 2.12 bits per heavy atom. The molecule has 0 saturated heterocycles. The molecular weight excluding hydrogens is 355 g/mol. The predicted octanol–water partition coefficient (Wildman–Crippen LogP) is 1.14. The average Bonchev–Trinajstić information content (AvgIpc) is 2.14. The zero-order chi connectivity index (χ0) is 12.5. The smallest absolute Gasteiger partial charge is 0.239 e. The zero-order valence-corrected chi connectivity index (χ0v) is 10.5. The largest absolute Gasteiger partial charge is 0.280 e. The molecule has 0 fully saturated rings. The Labute approximate surface area is 103 Å². The Morgan fingerprint density at radius 3 is 2.50 bits per heavy atom. The topological polar surface area (TPSA) is 96.8 Å². The van der Waals surface area contributed by atoms with Crippen LogP contribution < -0.4 is 5.14 Å². The summed E-state index contributed by atoms with van der Waals surface area (Å²) in [6.45, 7) is 0. The van der Waals surface area contributed by atoms with Crippen LogP contribution in [0.2, 0.25) is 0 Å². The summed E-state index contributed by atoms with van der Waals surface area (Å²) in [7, 11) is -4.22. The molecule has 1 heterocycles. The molecule has 0 saturated carbocycles. The molecular formula is C7H4F2IN3O2S. The Hall–Kier alpha value is -0.860. The highest BCUT2D eigenvalue weighted by molar-refractivity contribution is 14.1. The van der Waals surface area contributed by atoms with Gasteiger partial charge in [0.05, 0.1) is 0 Å². The van der Waals surface area contributed by atoms with Crippen molar-refractivity contribution < 1.29 is 17.2 Å². The molecule has 0 aliphatic heterocycles. The summed E-state index contributed by atoms with van der Waals surface area (Å²) in [5.41, 5.74) is -1.06. The molecule has 9 heteroatoms. The number of nitrogens with two attached hydrogens (primary N) is 1. The first-order chi connectivity index (χ1) is 7.27. The number of rotatable bonds is 2. The number of aromatic nitrogens is 1. The van der Waals surface area contributed by atoms with E-state index in [2.05, 4.69) is 4.98 Å². The predicted molar refractivity (Wildman–Crippen MR) is 58.0 cm³/mol. The number of halogens is 3. The summed E-state index contributed by atoms with van der Waals surface area (Å²) in [6.07, 6.45) is -2.93. The van der Waals surface area contributed by atoms with Crippen molar-refractivity contribution in [2.24, 2.45) is 5.14 Å². The summed E-state index contributed by atoms with van der Waals surface area (Å²) in [6, 6.07) is 2.17. The Morgan fingerprint density at radius 1 is 1.56 bits per heavy atom. The second kappa shape index (κ2) is 4.56. The highest BCUT2D eigenvalue weighted by Crippen LogP contribution is 2.24. The number of hydrogen-bond acceptors (Lipinski definition) is 4. The van der Waals surface area contributed by atoms with Crippen molar-refractivity contribution in [3.05, 3.63) is 21.0 Å². The molecule has 0 amide bonds. The van der Waals surface area contributed by atoms with E-state index >= 15 is 0 Å². The van der Waals surface area contributed by atoms with Gasteiger partial charge in [0.1, 0.15) is 25.9 Å². The zero-order valence-electron chi connectivity index (χ0n) is 7.49. The standard InChI is InChI=1S/C7H4F2IN3O2S/c8-6(9)4-1-5(16(12,14)15)3(2-11)7(10)13-4/h1,6H,(H2,12,14,15). The van der Waals surface area contributed by atoms with Crippen LogP contribution in [0.1, 0.15) is 17.7 Å². The van der Waals surface area contributed by atoms with Crippen molar-refractivity contribution in [1.29, 1.82) is 5.26 Å². The summed E-state index contributed by atoms with van der Waals surface area (Å²) in [5.74, 6) is 0. The van der Waals surface area contributed by atoms with Gasteiger partial charge in [-0.3, -0.25) is 0 Å². The number of primary sulfonamides is 1. The number of sulfonamides is 1. The van der Waals surface area contributed by atoms with Crippen molar-refractivity contribution in [3.8, 4) is 6.07 Å². The van der Waals surface area contributed by atoms with Gasteiger partial charge in [-0.15, -0.1) is 0 Å². The van der Waals surface area contributed by atoms with Crippen LogP contribution in [-0.2, 0) is 10.0 Å². The van der Waals surface area contributed by atoms with Gasteiger partial charge in [0.25, 0.3) is 6.43 Å². The van der Waals surface area contributed by atoms with Gasteiger partial charge < -0.3 is 0 Å². The minimum Gasteiger partial charge on any atom is -0.239 e. The van der Waals surface area contributed by atoms with E-state index in [1.165, 1.54) is 22.6 Å². The van der Waals surface area contributed by atoms with Crippen molar-refractivity contribution in [2.75, 3.05) is 0 Å². The maximum atomic E-state index is 12.4. The van der Waals surface area contributed by atoms with Crippen LogP contribution in [0, 0.1) is 15.0 Å². The molecule has 0 aliphatic carbocycles. The van der Waals surface area contributed by atoms with E-state index in [9.17, 15) is 17.2 Å². The quantitative estimate of drug-likeness (QED) is 0.633. The molecule has 0 radical (unpaired) electrons. The Balaban J connectivity index is 3.64. The van der Waals surface area contributed by atoms with E-state index in [1.54, 1.807) is 6.07 Å². The normalized spacial score (nSPS) is 11.5. The molecule has 0 atom stereocenters. The van der Waals surface area contributed by atoms with Crippen molar-refractivity contribution in [1.82, 2.24) is 4.98 Å². The number of alkyl halides is 2. The molecule has 0 aromatic carbocycles. The van der Waals surface area contributed by atoms with Crippen molar-refractivity contribution >= 4 is 32.6 Å². The first-order valence-electron chi connectivity index (χ1n) is 3.69. The van der Waals surface area contributed by atoms with Crippen LogP contribution in [0.5, 0.6) is 0 Å². The monoisotopic (exact) mass is 359 g/mol. The molecule has 0 spiro atoms. The lowest BCUT2D eigenvalue weighted by atomic mass is 10.2. The van der Waals surface area contributed by atoms with Gasteiger partial charge in [-0.1, -0.05) is 0 Å². The van der Waals surface area contributed by atoms with E-state index < -0.39 is 27.0 Å². The lowest BCUT2D eigenvalue weighted by Crippen LogP contribution is -2.16. The third-order valence-electron chi connectivity index (χ3n) is 1.60. The van der Waals surface area contributed by atoms with Gasteiger partial charge in [0.2, 0.25) is 10.0 Å². The molecule has 86 valence electrons. The van der Waals surface area contributed by atoms with Crippen LogP contribution in [-0.4, -0.2) is 13.4 Å². The van der Waals surface area contributed by atoms with Crippen LogP contribution in [0.4, 0.5) is 8.78 Å². The maximum absolute atomic E-state index is 12.4. The molecule has 1 aromatic rings. The molecule has 1 rings (SSSR count). The number of nitrogens with zero attached hydrogens (tertiary/aromatic N) is 2. The molecule has 0 bridgehead atoms. The van der Waals surface area contributed by atoms with E-state index in [1.807, 2.05) is 0 Å². The fourth-order valence-corrected chi connectivity index (χ4v) is 2.53. The minimum atomic E-state index is -4.22. The van der Waals surface area contributed by atoms with Crippen molar-refractivity contribution in [2.45, 2.75) is 11.3 Å². The Bertz CT molecular complexity index is 568. The third kappa shape index (κ3) is 2.63. The van der Waals surface area contributed by atoms with Crippen LogP contribution in [0.3, 0.4) is 0 Å². The first-order valence-corrected chi connectivity index (χ1v) is 6.31. The summed E-state index contributed by atoms with van der Waals surface area (Å²) < 4.78 is 46.8. The van der Waals surface area contributed by atoms with Gasteiger partial charge in [-0.05, 0) is 28.7 Å².